The molecular formula is C17H17FN4O2S. The maximum absolute atomic E-state index is 14.1. The van der Waals surface area contributed by atoms with Gasteiger partial charge in [0, 0.05) is 56.0 Å². The third-order valence-electron chi connectivity index (χ3n) is 4.50. The first-order chi connectivity index (χ1) is 12.1. The van der Waals surface area contributed by atoms with Gasteiger partial charge in [0.1, 0.15) is 10.7 Å². The van der Waals surface area contributed by atoms with Crippen LogP contribution in [0.5, 0.6) is 0 Å². The van der Waals surface area contributed by atoms with Crippen LogP contribution in [0.4, 0.5) is 10.1 Å². The molecule has 0 aliphatic carbocycles. The Balaban J connectivity index is 1.60. The summed E-state index contributed by atoms with van der Waals surface area (Å²) >= 11 is 0. The average molecular weight is 360 g/mol. The number of rotatable bonds is 3. The van der Waals surface area contributed by atoms with E-state index >= 15 is 0 Å². The molecule has 25 heavy (non-hydrogen) atoms. The number of anilines is 1. The molecule has 0 bridgehead atoms. The minimum atomic E-state index is -3.75. The van der Waals surface area contributed by atoms with Gasteiger partial charge in [0.2, 0.25) is 10.0 Å². The Hall–Kier alpha value is -2.45. The number of H-pyrrole nitrogens is 1. The number of aromatic amines is 1. The molecule has 6 nitrogen and oxygen atoms in total. The molecule has 2 aromatic heterocycles. The molecule has 0 amide bonds. The topological polar surface area (TPSA) is 69.3 Å². The fraction of sp³-hybridized carbons (Fsp3) is 0.235. The fourth-order valence-electron chi connectivity index (χ4n) is 3.19. The highest BCUT2D eigenvalue weighted by molar-refractivity contribution is 7.89. The summed E-state index contributed by atoms with van der Waals surface area (Å²) in [4.78, 5) is 8.95. The van der Waals surface area contributed by atoms with E-state index in [2.05, 4.69) is 14.9 Å². The zero-order valence-corrected chi connectivity index (χ0v) is 14.2. The maximum atomic E-state index is 14.1. The van der Waals surface area contributed by atoms with Crippen LogP contribution in [-0.2, 0) is 10.0 Å². The van der Waals surface area contributed by atoms with Crippen LogP contribution in [0, 0.1) is 5.82 Å². The van der Waals surface area contributed by atoms with Crippen molar-refractivity contribution in [2.45, 2.75) is 4.90 Å². The van der Waals surface area contributed by atoms with E-state index in [9.17, 15) is 12.8 Å². The molecule has 3 aromatic rings. The number of nitrogens with one attached hydrogen (secondary N) is 1. The van der Waals surface area contributed by atoms with Crippen molar-refractivity contribution in [3.05, 3.63) is 54.7 Å². The predicted molar refractivity (Wildman–Crippen MR) is 93.5 cm³/mol. The van der Waals surface area contributed by atoms with Gasteiger partial charge in [0.25, 0.3) is 0 Å². The van der Waals surface area contributed by atoms with Crippen LogP contribution < -0.4 is 4.90 Å². The first-order valence-electron chi connectivity index (χ1n) is 7.98. The molecule has 1 aliphatic rings. The number of benzene rings is 1. The number of hydrogen-bond donors (Lipinski definition) is 1. The molecule has 1 saturated heterocycles. The van der Waals surface area contributed by atoms with Crippen molar-refractivity contribution in [1.82, 2.24) is 14.3 Å². The summed E-state index contributed by atoms with van der Waals surface area (Å²) in [6.45, 7) is 1.86. The third kappa shape index (κ3) is 2.77. The van der Waals surface area contributed by atoms with Gasteiger partial charge >= 0.3 is 0 Å². The van der Waals surface area contributed by atoms with E-state index in [4.69, 9.17) is 0 Å². The average Bonchev–Trinajstić information content (AvgIpc) is 3.09. The first kappa shape index (κ1) is 16.0. The highest BCUT2D eigenvalue weighted by Gasteiger charge is 2.31. The number of fused-ring (bicyclic) bond motifs is 1. The van der Waals surface area contributed by atoms with Crippen LogP contribution in [0.15, 0.2) is 53.8 Å². The molecule has 1 N–H and O–H groups in total. The van der Waals surface area contributed by atoms with E-state index in [0.717, 1.165) is 5.69 Å². The summed E-state index contributed by atoms with van der Waals surface area (Å²) in [6, 6.07) is 8.30. The van der Waals surface area contributed by atoms with Gasteiger partial charge in [0.05, 0.1) is 5.39 Å². The highest BCUT2D eigenvalue weighted by atomic mass is 32.2. The summed E-state index contributed by atoms with van der Waals surface area (Å²) in [5.41, 5.74) is 1.50. The molecule has 1 aromatic carbocycles. The molecule has 1 aliphatic heterocycles. The first-order valence-corrected chi connectivity index (χ1v) is 9.42. The van der Waals surface area contributed by atoms with Crippen molar-refractivity contribution in [2.24, 2.45) is 0 Å². The molecule has 0 saturated carbocycles. The van der Waals surface area contributed by atoms with E-state index in [0.29, 0.717) is 31.7 Å². The lowest BCUT2D eigenvalue weighted by Crippen LogP contribution is -2.48. The van der Waals surface area contributed by atoms with Gasteiger partial charge in [0.15, 0.2) is 0 Å². The molecule has 0 atom stereocenters. The van der Waals surface area contributed by atoms with Gasteiger partial charge in [-0.1, -0.05) is 6.07 Å². The summed E-state index contributed by atoms with van der Waals surface area (Å²) in [6.07, 6.45) is 4.80. The molecule has 0 spiro atoms. The van der Waals surface area contributed by atoms with Gasteiger partial charge in [-0.25, -0.2) is 12.8 Å². The Morgan fingerprint density at radius 3 is 2.48 bits per heavy atom. The second-order valence-electron chi connectivity index (χ2n) is 5.91. The lowest BCUT2D eigenvalue weighted by atomic mass is 10.2. The second kappa shape index (κ2) is 6.12. The second-order valence-corrected chi connectivity index (χ2v) is 7.82. The largest absolute Gasteiger partial charge is 0.369 e. The summed E-state index contributed by atoms with van der Waals surface area (Å²) in [7, 11) is -3.75. The number of hydrogen-bond acceptors (Lipinski definition) is 4. The van der Waals surface area contributed by atoms with Crippen molar-refractivity contribution in [1.29, 1.82) is 0 Å². The number of halogens is 1. The third-order valence-corrected chi connectivity index (χ3v) is 6.43. The molecule has 0 unspecified atom stereocenters. The molecule has 8 heteroatoms. The Morgan fingerprint density at radius 2 is 1.76 bits per heavy atom. The monoisotopic (exact) mass is 360 g/mol. The zero-order chi connectivity index (χ0) is 17.4. The normalized spacial score (nSPS) is 16.4. The molecular weight excluding hydrogens is 343 g/mol. The number of aromatic nitrogens is 2. The Labute approximate surface area is 144 Å². The van der Waals surface area contributed by atoms with Gasteiger partial charge in [-0.15, -0.1) is 0 Å². The SMILES string of the molecule is O=S(=O)(c1c[nH]c2cccc(F)c12)N1CCN(c2ccncc2)CC1. The minimum absolute atomic E-state index is 0.00189. The lowest BCUT2D eigenvalue weighted by Gasteiger charge is -2.35. The summed E-state index contributed by atoms with van der Waals surface area (Å²) < 4.78 is 41.5. The van der Waals surface area contributed by atoms with Crippen LogP contribution in [-0.4, -0.2) is 48.9 Å². The van der Waals surface area contributed by atoms with Crippen LogP contribution >= 0.6 is 0 Å². The molecule has 0 radical (unpaired) electrons. The number of nitrogens with zero attached hydrogens (tertiary/aromatic N) is 3. The van der Waals surface area contributed by atoms with E-state index in [1.165, 1.54) is 16.6 Å². The van der Waals surface area contributed by atoms with E-state index < -0.39 is 15.8 Å². The lowest BCUT2D eigenvalue weighted by molar-refractivity contribution is 0.385. The van der Waals surface area contributed by atoms with Crippen molar-refractivity contribution in [2.75, 3.05) is 31.1 Å². The molecule has 1 fully saturated rings. The van der Waals surface area contributed by atoms with Gasteiger partial charge < -0.3 is 9.88 Å². The number of piperazine rings is 1. The van der Waals surface area contributed by atoms with Crippen molar-refractivity contribution in [3.8, 4) is 0 Å². The Kier molecular flexibility index (Phi) is 3.93. The van der Waals surface area contributed by atoms with Crippen LogP contribution in [0.3, 0.4) is 0 Å². The molecule has 3 heterocycles. The summed E-state index contributed by atoms with van der Waals surface area (Å²) in [5, 5.41) is 0.124. The van der Waals surface area contributed by atoms with Gasteiger partial charge in [-0.2, -0.15) is 4.31 Å². The molecule has 4 rings (SSSR count). The fourth-order valence-corrected chi connectivity index (χ4v) is 4.79. The van der Waals surface area contributed by atoms with Gasteiger partial charge in [-0.05, 0) is 24.3 Å². The van der Waals surface area contributed by atoms with E-state index in [1.807, 2.05) is 12.1 Å². The zero-order valence-electron chi connectivity index (χ0n) is 13.4. The minimum Gasteiger partial charge on any atom is -0.369 e. The van der Waals surface area contributed by atoms with E-state index in [-0.39, 0.29) is 10.3 Å². The Morgan fingerprint density at radius 1 is 1.04 bits per heavy atom. The highest BCUT2D eigenvalue weighted by Crippen LogP contribution is 2.28. The summed E-state index contributed by atoms with van der Waals surface area (Å²) in [5.74, 6) is -0.534. The maximum Gasteiger partial charge on any atom is 0.245 e. The predicted octanol–water partition coefficient (Wildman–Crippen LogP) is 2.21. The number of sulfonamides is 1. The van der Waals surface area contributed by atoms with Crippen LogP contribution in [0.2, 0.25) is 0 Å². The van der Waals surface area contributed by atoms with Crippen molar-refractivity contribution >= 4 is 26.6 Å². The quantitative estimate of drug-likeness (QED) is 0.778. The van der Waals surface area contributed by atoms with Crippen LogP contribution in [0.1, 0.15) is 0 Å². The van der Waals surface area contributed by atoms with Crippen molar-refractivity contribution < 1.29 is 12.8 Å². The Bertz CT molecular complexity index is 996. The van der Waals surface area contributed by atoms with Crippen LogP contribution in [0.25, 0.3) is 10.9 Å². The van der Waals surface area contributed by atoms with Gasteiger partial charge in [-0.3, -0.25) is 4.98 Å². The standard InChI is InChI=1S/C17H17FN4O2S/c18-14-2-1-3-15-17(14)16(12-20-15)25(23,24)22-10-8-21(9-11-22)13-4-6-19-7-5-13/h1-7,12,20H,8-11H2. The van der Waals surface area contributed by atoms with E-state index in [1.54, 1.807) is 24.5 Å². The number of pyridine rings is 1. The van der Waals surface area contributed by atoms with Crippen molar-refractivity contribution in [3.63, 3.8) is 0 Å². The molecule has 130 valence electrons. The smallest absolute Gasteiger partial charge is 0.245 e.